The van der Waals surface area contributed by atoms with Crippen molar-refractivity contribution >= 4 is 5.71 Å². The number of terminal acetylenes is 1. The van der Waals surface area contributed by atoms with Gasteiger partial charge in [0.05, 0.1) is 17.0 Å². The largest absolute Gasteiger partial charge is 0.154 e. The Labute approximate surface area is 54.6 Å². The first-order valence-electron chi connectivity index (χ1n) is 2.69. The fraction of sp³-hybridized carbons (Fsp3) is 0.286. The molecular weight excluding hydrogens is 112 g/mol. The summed E-state index contributed by atoms with van der Waals surface area (Å²) in [6.45, 7) is 3.71. The molecule has 2 nitrogen and oxygen atoms in total. The zero-order chi connectivity index (χ0) is 6.85. The van der Waals surface area contributed by atoms with Gasteiger partial charge in [0.2, 0.25) is 0 Å². The molecule has 0 saturated carbocycles. The summed E-state index contributed by atoms with van der Waals surface area (Å²) in [6.07, 6.45) is 5.17. The third kappa shape index (κ3) is 0.812. The normalized spacial score (nSPS) is 16.8. The van der Waals surface area contributed by atoms with Gasteiger partial charge in [-0.3, -0.25) is 0 Å². The van der Waals surface area contributed by atoms with E-state index in [0.29, 0.717) is 0 Å². The van der Waals surface area contributed by atoms with Gasteiger partial charge in [-0.15, -0.1) is 6.42 Å². The van der Waals surface area contributed by atoms with Crippen molar-refractivity contribution in [2.45, 2.75) is 13.8 Å². The van der Waals surface area contributed by atoms with Gasteiger partial charge in [0.1, 0.15) is 0 Å². The van der Waals surface area contributed by atoms with Gasteiger partial charge in [-0.2, -0.15) is 10.5 Å². The Kier molecular flexibility index (Phi) is 1.27. The van der Waals surface area contributed by atoms with Crippen LogP contribution in [0.5, 0.6) is 0 Å². The van der Waals surface area contributed by atoms with Crippen LogP contribution in [0.2, 0.25) is 0 Å². The maximum Gasteiger partial charge on any atom is 0.0774 e. The standard InChI is InChI=1S/C7H7N2/c1-4-7-5(2)8-9-6(7)3/h1H,2-3H3. The van der Waals surface area contributed by atoms with Crippen molar-refractivity contribution in [3.05, 3.63) is 11.3 Å². The minimum atomic E-state index is 0.829. The molecule has 0 spiro atoms. The van der Waals surface area contributed by atoms with Gasteiger partial charge in [0.15, 0.2) is 0 Å². The Hall–Kier alpha value is -1.23. The predicted octanol–water partition coefficient (Wildman–Crippen LogP) is 0.887. The molecule has 1 rings (SSSR count). The lowest BCUT2D eigenvalue weighted by Crippen LogP contribution is -1.90. The smallest absolute Gasteiger partial charge is 0.0774 e. The molecule has 1 aliphatic rings. The van der Waals surface area contributed by atoms with Crippen LogP contribution >= 0.6 is 0 Å². The van der Waals surface area contributed by atoms with Crippen LogP contribution in [0.4, 0.5) is 0 Å². The van der Waals surface area contributed by atoms with Crippen molar-refractivity contribution in [3.63, 3.8) is 0 Å². The zero-order valence-corrected chi connectivity index (χ0v) is 5.47. The molecule has 0 aromatic rings. The van der Waals surface area contributed by atoms with E-state index in [1.54, 1.807) is 0 Å². The highest BCUT2D eigenvalue weighted by molar-refractivity contribution is 6.03. The van der Waals surface area contributed by atoms with Crippen LogP contribution in [0.1, 0.15) is 13.8 Å². The molecule has 45 valence electrons. The van der Waals surface area contributed by atoms with Crippen LogP contribution in [0.15, 0.2) is 16.4 Å². The Balaban J connectivity index is 3.01. The highest BCUT2D eigenvalue weighted by atomic mass is 15.3. The second-order valence-electron chi connectivity index (χ2n) is 1.89. The van der Waals surface area contributed by atoms with E-state index in [0.717, 1.165) is 17.0 Å². The molecule has 1 aliphatic heterocycles. The first-order valence-corrected chi connectivity index (χ1v) is 2.69. The lowest BCUT2D eigenvalue weighted by atomic mass is 10.2. The maximum absolute atomic E-state index is 5.17. The molecule has 1 heterocycles. The van der Waals surface area contributed by atoms with Crippen molar-refractivity contribution in [2.75, 3.05) is 0 Å². The Morgan fingerprint density at radius 2 is 2.11 bits per heavy atom. The molecular formula is C7H7N2. The molecule has 1 radical (unpaired) electrons. The van der Waals surface area contributed by atoms with Crippen molar-refractivity contribution in [2.24, 2.45) is 5.10 Å². The summed E-state index contributed by atoms with van der Waals surface area (Å²) in [5.41, 5.74) is 6.31. The monoisotopic (exact) mass is 119 g/mol. The van der Waals surface area contributed by atoms with E-state index in [1.807, 2.05) is 13.8 Å². The summed E-state index contributed by atoms with van der Waals surface area (Å²) in [7, 11) is 0. The summed E-state index contributed by atoms with van der Waals surface area (Å²) in [4.78, 5) is 0. The van der Waals surface area contributed by atoms with Crippen molar-refractivity contribution in [3.8, 4) is 12.3 Å². The average molecular weight is 119 g/mol. The van der Waals surface area contributed by atoms with E-state index in [9.17, 15) is 0 Å². The van der Waals surface area contributed by atoms with Gasteiger partial charge < -0.3 is 0 Å². The summed E-state index contributed by atoms with van der Waals surface area (Å²) in [5.74, 6) is 2.52. The van der Waals surface area contributed by atoms with E-state index in [-0.39, 0.29) is 0 Å². The van der Waals surface area contributed by atoms with E-state index in [2.05, 4.69) is 16.4 Å². The molecule has 0 amide bonds. The summed E-state index contributed by atoms with van der Waals surface area (Å²) < 4.78 is 0. The van der Waals surface area contributed by atoms with Gasteiger partial charge in [0, 0.05) is 0 Å². The summed E-state index contributed by atoms with van der Waals surface area (Å²) in [6, 6.07) is 0. The Morgan fingerprint density at radius 1 is 1.44 bits per heavy atom. The van der Waals surface area contributed by atoms with E-state index in [4.69, 9.17) is 6.42 Å². The van der Waals surface area contributed by atoms with Gasteiger partial charge >= 0.3 is 0 Å². The van der Waals surface area contributed by atoms with Gasteiger partial charge in [-0.25, -0.2) is 0 Å². The fourth-order valence-corrected chi connectivity index (χ4v) is 0.721. The lowest BCUT2D eigenvalue weighted by Gasteiger charge is -1.87. The molecule has 0 atom stereocenters. The second kappa shape index (κ2) is 1.94. The highest BCUT2D eigenvalue weighted by Gasteiger charge is 2.10. The first kappa shape index (κ1) is 5.90. The number of hydrogen-bond donors (Lipinski definition) is 0. The topological polar surface area (TPSA) is 26.5 Å². The number of nitrogens with zero attached hydrogens (tertiary/aromatic N) is 2. The number of allylic oxidation sites excluding steroid dienone is 2. The molecule has 9 heavy (non-hydrogen) atoms. The molecule has 0 aromatic heterocycles. The van der Waals surface area contributed by atoms with E-state index >= 15 is 0 Å². The zero-order valence-electron chi connectivity index (χ0n) is 5.47. The quantitative estimate of drug-likeness (QED) is 0.423. The van der Waals surface area contributed by atoms with Crippen LogP contribution in [0.3, 0.4) is 0 Å². The molecule has 0 bridgehead atoms. The van der Waals surface area contributed by atoms with Crippen LogP contribution in [-0.4, -0.2) is 5.71 Å². The third-order valence-corrected chi connectivity index (χ3v) is 1.22. The third-order valence-electron chi connectivity index (χ3n) is 1.22. The highest BCUT2D eigenvalue weighted by Crippen LogP contribution is 2.09. The molecule has 0 fully saturated rings. The molecule has 0 aliphatic carbocycles. The molecule has 2 heteroatoms. The van der Waals surface area contributed by atoms with Crippen LogP contribution in [0.25, 0.3) is 0 Å². The van der Waals surface area contributed by atoms with Crippen LogP contribution in [-0.2, 0) is 0 Å². The van der Waals surface area contributed by atoms with Crippen LogP contribution in [0, 0.1) is 12.3 Å². The van der Waals surface area contributed by atoms with Crippen molar-refractivity contribution < 1.29 is 0 Å². The first-order chi connectivity index (χ1) is 4.25. The van der Waals surface area contributed by atoms with Gasteiger partial charge in [-0.1, -0.05) is 5.92 Å². The number of rotatable bonds is 0. The van der Waals surface area contributed by atoms with E-state index < -0.39 is 0 Å². The molecule has 0 aromatic carbocycles. The number of hydrogen-bond acceptors (Lipinski definition) is 1. The molecule has 0 saturated heterocycles. The maximum atomic E-state index is 5.17. The molecule has 0 N–H and O–H groups in total. The minimum Gasteiger partial charge on any atom is -0.154 e. The van der Waals surface area contributed by atoms with E-state index in [1.165, 1.54) is 0 Å². The predicted molar refractivity (Wildman–Crippen MR) is 36.8 cm³/mol. The van der Waals surface area contributed by atoms with Crippen LogP contribution < -0.4 is 5.43 Å². The van der Waals surface area contributed by atoms with Gasteiger partial charge in [-0.05, 0) is 13.8 Å². The van der Waals surface area contributed by atoms with Crippen molar-refractivity contribution in [1.29, 1.82) is 0 Å². The second-order valence-corrected chi connectivity index (χ2v) is 1.89. The van der Waals surface area contributed by atoms with Crippen molar-refractivity contribution in [1.82, 2.24) is 5.43 Å². The SMILES string of the molecule is C#CC1=C(C)[N]N=C1C. The summed E-state index contributed by atoms with van der Waals surface area (Å²) in [5, 5.41) is 3.79. The minimum absolute atomic E-state index is 0.829. The van der Waals surface area contributed by atoms with Gasteiger partial charge in [0.25, 0.3) is 0 Å². The summed E-state index contributed by atoms with van der Waals surface area (Å²) >= 11 is 0. The fourth-order valence-electron chi connectivity index (χ4n) is 0.721. The lowest BCUT2D eigenvalue weighted by molar-refractivity contribution is 0.892. The average Bonchev–Trinajstić information content (AvgIpc) is 2.12. The molecule has 0 unspecified atom stereocenters. The Bertz CT molecular complexity index is 228. The Morgan fingerprint density at radius 3 is 2.33 bits per heavy atom.